The summed E-state index contributed by atoms with van der Waals surface area (Å²) in [6, 6.07) is 10.4. The first-order valence-corrected chi connectivity index (χ1v) is 12.5. The van der Waals surface area contributed by atoms with Gasteiger partial charge in [0.15, 0.2) is 0 Å². The van der Waals surface area contributed by atoms with Crippen molar-refractivity contribution >= 4 is 0 Å². The van der Waals surface area contributed by atoms with E-state index in [1.54, 1.807) is 0 Å². The average molecular weight is 410 g/mol. The second kappa shape index (κ2) is 12.9. The average Bonchev–Trinajstić information content (AvgIpc) is 2.81. The fourth-order valence-electron chi connectivity index (χ4n) is 5.70. The summed E-state index contributed by atoms with van der Waals surface area (Å²) in [6.45, 7) is -0.160. The van der Waals surface area contributed by atoms with E-state index in [2.05, 4.69) is 30.4 Å². The van der Waals surface area contributed by atoms with Gasteiger partial charge in [-0.3, -0.25) is 4.39 Å². The molecule has 0 N–H and O–H groups in total. The molecule has 1 aromatic carbocycles. The topological polar surface area (TPSA) is 23.8 Å². The van der Waals surface area contributed by atoms with E-state index >= 15 is 0 Å². The van der Waals surface area contributed by atoms with Crippen LogP contribution in [0.3, 0.4) is 0 Å². The summed E-state index contributed by atoms with van der Waals surface area (Å²) in [4.78, 5) is 0. The number of hydrogen-bond donors (Lipinski definition) is 0. The molecule has 164 valence electrons. The van der Waals surface area contributed by atoms with Crippen molar-refractivity contribution in [3.63, 3.8) is 0 Å². The van der Waals surface area contributed by atoms with E-state index in [-0.39, 0.29) is 6.67 Å². The Hall–Kier alpha value is -1.62. The molecule has 2 saturated carbocycles. The summed E-state index contributed by atoms with van der Waals surface area (Å²) in [7, 11) is 0. The number of allylic oxidation sites excluding steroid dienone is 2. The normalized spacial score (nSPS) is 27.2. The van der Waals surface area contributed by atoms with Crippen molar-refractivity contribution < 1.29 is 4.39 Å². The van der Waals surface area contributed by atoms with Crippen LogP contribution < -0.4 is 0 Å². The van der Waals surface area contributed by atoms with Crippen LogP contribution in [0.2, 0.25) is 0 Å². The fourth-order valence-corrected chi connectivity index (χ4v) is 5.70. The molecule has 0 atom stereocenters. The number of benzene rings is 1. The maximum Gasteiger partial charge on any atom is 0.0991 e. The Kier molecular flexibility index (Phi) is 9.94. The van der Waals surface area contributed by atoms with Crippen LogP contribution in [-0.2, 0) is 6.42 Å². The molecule has 2 fully saturated rings. The molecule has 0 unspecified atom stereocenters. The van der Waals surface area contributed by atoms with Crippen molar-refractivity contribution in [3.8, 4) is 6.07 Å². The van der Waals surface area contributed by atoms with Gasteiger partial charge in [0.1, 0.15) is 0 Å². The summed E-state index contributed by atoms with van der Waals surface area (Å²) in [5.41, 5.74) is 2.14. The second-order valence-corrected chi connectivity index (χ2v) is 9.77. The van der Waals surface area contributed by atoms with E-state index < -0.39 is 0 Å². The number of hydrogen-bond acceptors (Lipinski definition) is 1. The van der Waals surface area contributed by atoms with Crippen LogP contribution in [0, 0.1) is 35.0 Å². The molecule has 2 aliphatic rings. The van der Waals surface area contributed by atoms with Crippen molar-refractivity contribution in [2.45, 2.75) is 89.9 Å². The SMILES string of the molecule is N#Cc1ccc(CC[C@H]2CC[C@H]([C@H]3CC[C@H](C=CCCCCCF)CC3)CC2)cc1. The predicted molar refractivity (Wildman–Crippen MR) is 124 cm³/mol. The molecule has 0 aromatic heterocycles. The molecule has 0 aliphatic heterocycles. The molecule has 3 rings (SSSR count). The number of aryl methyl sites for hydroxylation is 1. The number of nitrogens with zero attached hydrogens (tertiary/aromatic N) is 1. The molecule has 0 bridgehead atoms. The summed E-state index contributed by atoms with van der Waals surface area (Å²) in [5, 5.41) is 8.92. The smallest absolute Gasteiger partial charge is 0.0991 e. The lowest BCUT2D eigenvalue weighted by Crippen LogP contribution is -2.25. The Morgan fingerprint density at radius 2 is 1.53 bits per heavy atom. The first-order chi connectivity index (χ1) is 14.8. The summed E-state index contributed by atoms with van der Waals surface area (Å²) in [6.07, 6.45) is 22.7. The van der Waals surface area contributed by atoms with Crippen molar-refractivity contribution in [1.29, 1.82) is 5.26 Å². The maximum absolute atomic E-state index is 12.1. The van der Waals surface area contributed by atoms with E-state index in [4.69, 9.17) is 5.26 Å². The van der Waals surface area contributed by atoms with Crippen molar-refractivity contribution in [1.82, 2.24) is 0 Å². The van der Waals surface area contributed by atoms with Crippen LogP contribution in [0.15, 0.2) is 36.4 Å². The highest BCUT2D eigenvalue weighted by Crippen LogP contribution is 2.42. The molecule has 1 aromatic rings. The molecule has 2 heteroatoms. The van der Waals surface area contributed by atoms with Gasteiger partial charge in [-0.1, -0.05) is 43.5 Å². The third-order valence-electron chi connectivity index (χ3n) is 7.71. The van der Waals surface area contributed by atoms with Crippen molar-refractivity contribution in [2.75, 3.05) is 6.67 Å². The summed E-state index contributed by atoms with van der Waals surface area (Å²) >= 11 is 0. The molecule has 30 heavy (non-hydrogen) atoms. The zero-order chi connectivity index (χ0) is 21.0. The van der Waals surface area contributed by atoms with Crippen LogP contribution in [-0.4, -0.2) is 6.67 Å². The summed E-state index contributed by atoms with van der Waals surface area (Å²) in [5.74, 6) is 3.64. The number of alkyl halides is 1. The van der Waals surface area contributed by atoms with E-state index in [1.165, 1.54) is 63.4 Å². The lowest BCUT2D eigenvalue weighted by Gasteiger charge is -2.37. The Labute approximate surface area is 183 Å². The fraction of sp³-hybridized carbons (Fsp3) is 0.679. The van der Waals surface area contributed by atoms with Gasteiger partial charge in [0, 0.05) is 0 Å². The number of rotatable bonds is 10. The highest BCUT2D eigenvalue weighted by Gasteiger charge is 2.30. The lowest BCUT2D eigenvalue weighted by atomic mass is 9.68. The van der Waals surface area contributed by atoms with Crippen LogP contribution in [0.25, 0.3) is 0 Å². The van der Waals surface area contributed by atoms with Crippen LogP contribution in [0.5, 0.6) is 0 Å². The van der Waals surface area contributed by atoms with Crippen LogP contribution in [0.1, 0.15) is 94.6 Å². The molecule has 0 radical (unpaired) electrons. The minimum Gasteiger partial charge on any atom is -0.251 e. The van der Waals surface area contributed by atoms with Gasteiger partial charge in [0.25, 0.3) is 0 Å². The van der Waals surface area contributed by atoms with Gasteiger partial charge >= 0.3 is 0 Å². The van der Waals surface area contributed by atoms with Crippen molar-refractivity contribution in [2.24, 2.45) is 23.7 Å². The van der Waals surface area contributed by atoms with Gasteiger partial charge < -0.3 is 0 Å². The van der Waals surface area contributed by atoms with E-state index in [9.17, 15) is 4.39 Å². The van der Waals surface area contributed by atoms with Gasteiger partial charge in [-0.2, -0.15) is 5.26 Å². The molecular weight excluding hydrogens is 369 g/mol. The Balaban J connectivity index is 1.29. The Bertz CT molecular complexity index is 655. The monoisotopic (exact) mass is 409 g/mol. The zero-order valence-corrected chi connectivity index (χ0v) is 18.7. The zero-order valence-electron chi connectivity index (χ0n) is 18.7. The van der Waals surface area contributed by atoms with Crippen LogP contribution in [0.4, 0.5) is 4.39 Å². The van der Waals surface area contributed by atoms with Gasteiger partial charge in [0.05, 0.1) is 18.3 Å². The largest absolute Gasteiger partial charge is 0.251 e. The van der Waals surface area contributed by atoms with E-state index in [1.807, 2.05) is 12.1 Å². The molecule has 0 amide bonds. The molecule has 0 spiro atoms. The number of halogens is 1. The minimum absolute atomic E-state index is 0.160. The molecular formula is C28H40FN. The molecule has 1 nitrogen and oxygen atoms in total. The number of nitriles is 1. The standard InChI is InChI=1S/C28H40FN/c29-21-5-3-1-2-4-6-23-13-17-27(18-14-23)28-19-15-25(16-20-28)8-7-24-9-11-26(22-30)12-10-24/h4,6,9-12,23,25,27-28H,1-3,5,7-8,13-21H2/t23-,25-,27-,28-. The maximum atomic E-state index is 12.1. The lowest BCUT2D eigenvalue weighted by molar-refractivity contribution is 0.152. The van der Waals surface area contributed by atoms with Gasteiger partial charge in [0.2, 0.25) is 0 Å². The molecule has 0 heterocycles. The first kappa shape index (κ1) is 23.1. The van der Waals surface area contributed by atoms with E-state index in [0.717, 1.165) is 61.3 Å². The summed E-state index contributed by atoms with van der Waals surface area (Å²) < 4.78 is 12.1. The predicted octanol–water partition coefficient (Wildman–Crippen LogP) is 8.19. The molecule has 0 saturated heterocycles. The minimum atomic E-state index is -0.160. The quantitative estimate of drug-likeness (QED) is 0.282. The van der Waals surface area contributed by atoms with Crippen molar-refractivity contribution in [3.05, 3.63) is 47.5 Å². The Morgan fingerprint density at radius 1 is 0.867 bits per heavy atom. The first-order valence-electron chi connectivity index (χ1n) is 12.5. The second-order valence-electron chi connectivity index (χ2n) is 9.77. The van der Waals surface area contributed by atoms with Gasteiger partial charge in [-0.25, -0.2) is 0 Å². The number of unbranched alkanes of at least 4 members (excludes halogenated alkanes) is 3. The van der Waals surface area contributed by atoms with Gasteiger partial charge in [-0.05, 0) is 112 Å². The molecule has 2 aliphatic carbocycles. The Morgan fingerprint density at radius 3 is 2.17 bits per heavy atom. The third-order valence-corrected chi connectivity index (χ3v) is 7.71. The third kappa shape index (κ3) is 7.57. The van der Waals surface area contributed by atoms with Gasteiger partial charge in [-0.15, -0.1) is 0 Å². The van der Waals surface area contributed by atoms with E-state index in [0.29, 0.717) is 0 Å². The highest BCUT2D eigenvalue weighted by atomic mass is 19.1. The highest BCUT2D eigenvalue weighted by molar-refractivity contribution is 5.31. The van der Waals surface area contributed by atoms with Crippen LogP contribution >= 0.6 is 0 Å².